The Morgan fingerprint density at radius 2 is 1.96 bits per heavy atom. The summed E-state index contributed by atoms with van der Waals surface area (Å²) in [5.74, 6) is 0.704. The summed E-state index contributed by atoms with van der Waals surface area (Å²) >= 11 is 6.10. The number of ether oxygens (including phenoxy) is 1. The van der Waals surface area contributed by atoms with Crippen LogP contribution in [0.15, 0.2) is 24.3 Å². The van der Waals surface area contributed by atoms with Crippen molar-refractivity contribution >= 4 is 17.3 Å². The van der Waals surface area contributed by atoms with Crippen molar-refractivity contribution < 1.29 is 9.84 Å². The van der Waals surface area contributed by atoms with Gasteiger partial charge in [-0.3, -0.25) is 4.90 Å². The zero-order valence-corrected chi connectivity index (χ0v) is 17.8. The molecular weight excluding hydrogens is 360 g/mol. The molecule has 1 heterocycles. The number of β-amino-alcohol motifs (C(OH)–C–C–N with tert-alkyl or cyclic N) is 1. The van der Waals surface area contributed by atoms with Crippen molar-refractivity contribution in [3.05, 3.63) is 29.3 Å². The van der Waals surface area contributed by atoms with Crippen molar-refractivity contribution in [1.82, 2.24) is 4.90 Å². The number of piperazine rings is 1. The predicted octanol–water partition coefficient (Wildman–Crippen LogP) is 4.05. The first kappa shape index (κ1) is 20.9. The quantitative estimate of drug-likeness (QED) is 0.789. The molecule has 1 saturated carbocycles. The first-order valence-electron chi connectivity index (χ1n) is 10.3. The number of hydrogen-bond acceptors (Lipinski definition) is 4. The van der Waals surface area contributed by atoms with Crippen LogP contribution >= 0.6 is 11.6 Å². The van der Waals surface area contributed by atoms with Gasteiger partial charge < -0.3 is 14.7 Å². The minimum absolute atomic E-state index is 0.290. The molecular formula is C22H35ClN2O2. The molecule has 1 aliphatic carbocycles. The normalized spacial score (nSPS) is 27.5. The molecule has 27 heavy (non-hydrogen) atoms. The third kappa shape index (κ3) is 6.35. The molecule has 0 amide bonds. The summed E-state index contributed by atoms with van der Waals surface area (Å²) in [4.78, 5) is 4.69. The minimum atomic E-state index is -0.414. The zero-order valence-electron chi connectivity index (χ0n) is 17.0. The van der Waals surface area contributed by atoms with Gasteiger partial charge in [-0.2, -0.15) is 0 Å². The van der Waals surface area contributed by atoms with Gasteiger partial charge in [0.25, 0.3) is 0 Å². The monoisotopic (exact) mass is 394 g/mol. The molecule has 1 aromatic carbocycles. The average molecular weight is 395 g/mol. The van der Waals surface area contributed by atoms with Crippen LogP contribution in [0.1, 0.15) is 40.0 Å². The standard InChI is InChI=1S/C22H35ClN2O2/c1-17-11-21(14-22(2,3)13-17)27-16-20(26)15-24-7-9-25(10-8-24)19-6-4-5-18(23)12-19/h4-6,12,17,20-21,26H,7-11,13-16H2,1-3H3/t17-,20-,21+/m0/s1. The lowest BCUT2D eigenvalue weighted by atomic mass is 9.71. The predicted molar refractivity (Wildman–Crippen MR) is 113 cm³/mol. The van der Waals surface area contributed by atoms with E-state index in [1.165, 1.54) is 12.1 Å². The molecule has 0 aromatic heterocycles. The summed E-state index contributed by atoms with van der Waals surface area (Å²) in [7, 11) is 0. The third-order valence-corrected chi connectivity index (χ3v) is 6.12. The maximum atomic E-state index is 10.4. The van der Waals surface area contributed by atoms with E-state index in [2.05, 4.69) is 36.6 Å². The minimum Gasteiger partial charge on any atom is -0.389 e. The van der Waals surface area contributed by atoms with Crippen molar-refractivity contribution in [2.45, 2.75) is 52.2 Å². The Kier molecular flexibility index (Phi) is 7.07. The van der Waals surface area contributed by atoms with E-state index in [0.717, 1.165) is 44.0 Å². The molecule has 2 aliphatic rings. The number of halogens is 1. The molecule has 2 fully saturated rings. The van der Waals surface area contributed by atoms with Crippen molar-refractivity contribution in [3.63, 3.8) is 0 Å². The molecule has 0 bridgehead atoms. The summed E-state index contributed by atoms with van der Waals surface area (Å²) in [6.45, 7) is 11.9. The van der Waals surface area contributed by atoms with Gasteiger partial charge in [0.05, 0.1) is 18.8 Å². The van der Waals surface area contributed by atoms with Gasteiger partial charge in [0, 0.05) is 43.4 Å². The maximum Gasteiger partial charge on any atom is 0.0900 e. The lowest BCUT2D eigenvalue weighted by Crippen LogP contribution is -2.49. The van der Waals surface area contributed by atoms with E-state index in [0.29, 0.717) is 24.5 Å². The van der Waals surface area contributed by atoms with E-state index in [-0.39, 0.29) is 6.10 Å². The van der Waals surface area contributed by atoms with Gasteiger partial charge in [0.1, 0.15) is 0 Å². The molecule has 1 N–H and O–H groups in total. The number of aliphatic hydroxyl groups is 1. The molecule has 3 atom stereocenters. The first-order chi connectivity index (χ1) is 12.8. The third-order valence-electron chi connectivity index (χ3n) is 5.89. The Morgan fingerprint density at radius 3 is 2.63 bits per heavy atom. The second kappa shape index (κ2) is 9.13. The van der Waals surface area contributed by atoms with Gasteiger partial charge in [-0.1, -0.05) is 38.4 Å². The second-order valence-corrected chi connectivity index (χ2v) is 9.73. The maximum absolute atomic E-state index is 10.4. The summed E-state index contributed by atoms with van der Waals surface area (Å²) in [6, 6.07) is 8.04. The van der Waals surface area contributed by atoms with Crippen LogP contribution in [0.2, 0.25) is 5.02 Å². The number of aliphatic hydroxyl groups excluding tert-OH is 1. The van der Waals surface area contributed by atoms with E-state index in [1.54, 1.807) is 0 Å². The Balaban J connectivity index is 1.39. The van der Waals surface area contributed by atoms with Gasteiger partial charge in [-0.25, -0.2) is 0 Å². The van der Waals surface area contributed by atoms with Crippen molar-refractivity contribution in [1.29, 1.82) is 0 Å². The summed E-state index contributed by atoms with van der Waals surface area (Å²) in [6.07, 6.45) is 3.37. The van der Waals surface area contributed by atoms with Crippen LogP contribution < -0.4 is 4.90 Å². The van der Waals surface area contributed by atoms with Crippen LogP contribution in [0, 0.1) is 11.3 Å². The van der Waals surface area contributed by atoms with E-state index in [4.69, 9.17) is 16.3 Å². The molecule has 0 radical (unpaired) electrons. The number of hydrogen-bond donors (Lipinski definition) is 1. The van der Waals surface area contributed by atoms with Gasteiger partial charge in [0.15, 0.2) is 0 Å². The van der Waals surface area contributed by atoms with Crippen LogP contribution in [-0.4, -0.2) is 61.5 Å². The fourth-order valence-corrected chi connectivity index (χ4v) is 5.03. The summed E-state index contributed by atoms with van der Waals surface area (Å²) in [5.41, 5.74) is 1.53. The van der Waals surface area contributed by atoms with Gasteiger partial charge in [-0.15, -0.1) is 0 Å². The first-order valence-corrected chi connectivity index (χ1v) is 10.7. The molecule has 1 aromatic rings. The number of benzene rings is 1. The summed E-state index contributed by atoms with van der Waals surface area (Å²) in [5, 5.41) is 11.2. The van der Waals surface area contributed by atoms with E-state index in [1.807, 2.05) is 18.2 Å². The highest BCUT2D eigenvalue weighted by atomic mass is 35.5. The van der Waals surface area contributed by atoms with E-state index < -0.39 is 6.10 Å². The van der Waals surface area contributed by atoms with Crippen molar-refractivity contribution in [2.75, 3.05) is 44.2 Å². The fraction of sp³-hybridized carbons (Fsp3) is 0.727. The van der Waals surface area contributed by atoms with Gasteiger partial charge in [-0.05, 0) is 48.8 Å². The topological polar surface area (TPSA) is 35.9 Å². The average Bonchev–Trinajstić information content (AvgIpc) is 2.59. The Morgan fingerprint density at radius 1 is 1.22 bits per heavy atom. The number of nitrogens with zero attached hydrogens (tertiary/aromatic N) is 2. The van der Waals surface area contributed by atoms with Crippen LogP contribution in [0.25, 0.3) is 0 Å². The smallest absolute Gasteiger partial charge is 0.0900 e. The summed E-state index contributed by atoms with van der Waals surface area (Å²) < 4.78 is 6.09. The Labute approximate surface area is 169 Å². The molecule has 5 heteroatoms. The van der Waals surface area contributed by atoms with Crippen LogP contribution in [-0.2, 0) is 4.74 Å². The molecule has 3 rings (SSSR count). The second-order valence-electron chi connectivity index (χ2n) is 9.29. The van der Waals surface area contributed by atoms with Crippen LogP contribution in [0.4, 0.5) is 5.69 Å². The van der Waals surface area contributed by atoms with Gasteiger partial charge in [0.2, 0.25) is 0 Å². The molecule has 0 spiro atoms. The lowest BCUT2D eigenvalue weighted by Gasteiger charge is -2.39. The number of anilines is 1. The van der Waals surface area contributed by atoms with Gasteiger partial charge >= 0.3 is 0 Å². The Hall–Kier alpha value is -0.810. The lowest BCUT2D eigenvalue weighted by molar-refractivity contribution is -0.0615. The van der Waals surface area contributed by atoms with Crippen LogP contribution in [0.3, 0.4) is 0 Å². The fourth-order valence-electron chi connectivity index (χ4n) is 4.84. The highest BCUT2D eigenvalue weighted by Gasteiger charge is 2.32. The molecule has 1 saturated heterocycles. The largest absolute Gasteiger partial charge is 0.389 e. The van der Waals surface area contributed by atoms with E-state index in [9.17, 15) is 5.11 Å². The molecule has 1 aliphatic heterocycles. The SMILES string of the molecule is C[C@H]1C[C@@H](OC[C@@H](O)CN2CCN(c3cccc(Cl)c3)CC2)CC(C)(C)C1. The highest BCUT2D eigenvalue weighted by molar-refractivity contribution is 6.30. The highest BCUT2D eigenvalue weighted by Crippen LogP contribution is 2.39. The van der Waals surface area contributed by atoms with Crippen LogP contribution in [0.5, 0.6) is 0 Å². The van der Waals surface area contributed by atoms with Crippen molar-refractivity contribution in [2.24, 2.45) is 11.3 Å². The Bertz CT molecular complexity index is 602. The zero-order chi connectivity index (χ0) is 19.4. The molecule has 152 valence electrons. The molecule has 4 nitrogen and oxygen atoms in total. The molecule has 0 unspecified atom stereocenters. The van der Waals surface area contributed by atoms with Crippen molar-refractivity contribution in [3.8, 4) is 0 Å². The number of rotatable bonds is 6. The van der Waals surface area contributed by atoms with E-state index >= 15 is 0 Å².